The first-order valence-electron chi connectivity index (χ1n) is 7.99. The predicted octanol–water partition coefficient (Wildman–Crippen LogP) is 2.89. The average Bonchev–Trinajstić information content (AvgIpc) is 2.58. The fourth-order valence-electron chi connectivity index (χ4n) is 2.69. The van der Waals surface area contributed by atoms with Gasteiger partial charge in [0.05, 0.1) is 22.6 Å². The maximum absolute atomic E-state index is 13.3. The van der Waals surface area contributed by atoms with Crippen molar-refractivity contribution in [3.8, 4) is 0 Å². The fraction of sp³-hybridized carbons (Fsp3) is 0.278. The standard InChI is InChI=1S/C18H20N2O6S/c1-12-7-13(2)9-16(8-12)19(11-18(21)26-4)27(24,25)17-10-15(20(22)23)6-5-14(17)3/h5-10H,11H2,1-4H3. The molecule has 0 amide bonds. The number of sulfonamides is 1. The van der Waals surface area contributed by atoms with Gasteiger partial charge < -0.3 is 4.74 Å². The number of nitrogens with zero attached hydrogens (tertiary/aromatic N) is 2. The summed E-state index contributed by atoms with van der Waals surface area (Å²) in [7, 11) is -3.09. The Hall–Kier alpha value is -2.94. The molecular formula is C18H20N2O6S. The highest BCUT2D eigenvalue weighted by Crippen LogP contribution is 2.29. The summed E-state index contributed by atoms with van der Waals surface area (Å²) >= 11 is 0. The number of esters is 1. The number of aryl methyl sites for hydroxylation is 3. The number of nitro groups is 1. The third kappa shape index (κ3) is 4.43. The third-order valence-corrected chi connectivity index (χ3v) is 5.86. The number of methoxy groups -OCH3 is 1. The number of rotatable bonds is 6. The number of hydrogen-bond acceptors (Lipinski definition) is 6. The summed E-state index contributed by atoms with van der Waals surface area (Å²) in [4.78, 5) is 22.0. The number of anilines is 1. The van der Waals surface area contributed by atoms with Crippen molar-refractivity contribution in [1.82, 2.24) is 0 Å². The summed E-state index contributed by atoms with van der Waals surface area (Å²) in [6.07, 6.45) is 0. The van der Waals surface area contributed by atoms with Crippen LogP contribution < -0.4 is 4.31 Å². The number of benzene rings is 2. The maximum atomic E-state index is 13.3. The Balaban J connectivity index is 2.69. The van der Waals surface area contributed by atoms with Crippen LogP contribution in [-0.4, -0.2) is 33.0 Å². The van der Waals surface area contributed by atoms with Gasteiger partial charge in [0.1, 0.15) is 6.54 Å². The normalized spacial score (nSPS) is 11.1. The molecule has 2 aromatic carbocycles. The van der Waals surface area contributed by atoms with Crippen LogP contribution in [0.3, 0.4) is 0 Å². The van der Waals surface area contributed by atoms with Crippen molar-refractivity contribution in [3.63, 3.8) is 0 Å². The van der Waals surface area contributed by atoms with Crippen LogP contribution in [0, 0.1) is 30.9 Å². The quantitative estimate of drug-likeness (QED) is 0.425. The molecule has 9 heteroatoms. The summed E-state index contributed by atoms with van der Waals surface area (Å²) in [6, 6.07) is 8.71. The molecule has 0 aliphatic carbocycles. The fourth-order valence-corrected chi connectivity index (χ4v) is 4.33. The summed E-state index contributed by atoms with van der Waals surface area (Å²) in [5.74, 6) is -0.749. The van der Waals surface area contributed by atoms with E-state index in [1.165, 1.54) is 19.1 Å². The zero-order valence-electron chi connectivity index (χ0n) is 15.4. The number of hydrogen-bond donors (Lipinski definition) is 0. The monoisotopic (exact) mass is 392 g/mol. The van der Waals surface area contributed by atoms with Gasteiger partial charge in [-0.15, -0.1) is 0 Å². The topological polar surface area (TPSA) is 107 Å². The zero-order chi connectivity index (χ0) is 20.4. The second kappa shape index (κ2) is 7.75. The van der Waals surface area contributed by atoms with Crippen molar-refractivity contribution in [2.24, 2.45) is 0 Å². The molecule has 2 rings (SSSR count). The summed E-state index contributed by atoms with van der Waals surface area (Å²) in [5, 5.41) is 11.1. The molecule has 0 aromatic heterocycles. The summed E-state index contributed by atoms with van der Waals surface area (Å²) in [5.41, 5.74) is 1.89. The highest BCUT2D eigenvalue weighted by Gasteiger charge is 2.30. The van der Waals surface area contributed by atoms with E-state index in [2.05, 4.69) is 4.74 Å². The molecule has 0 aliphatic heterocycles. The van der Waals surface area contributed by atoms with E-state index in [9.17, 15) is 23.3 Å². The van der Waals surface area contributed by atoms with E-state index in [1.807, 2.05) is 6.07 Å². The molecule has 0 bridgehead atoms. The first kappa shape index (κ1) is 20.4. The minimum absolute atomic E-state index is 0.236. The van der Waals surface area contributed by atoms with E-state index in [0.29, 0.717) is 5.56 Å². The van der Waals surface area contributed by atoms with Crippen LogP contribution in [0.25, 0.3) is 0 Å². The lowest BCUT2D eigenvalue weighted by Crippen LogP contribution is -2.36. The molecule has 0 heterocycles. The molecule has 144 valence electrons. The molecule has 0 radical (unpaired) electrons. The van der Waals surface area contributed by atoms with Crippen molar-refractivity contribution in [3.05, 3.63) is 63.2 Å². The van der Waals surface area contributed by atoms with Gasteiger partial charge in [-0.1, -0.05) is 12.1 Å². The van der Waals surface area contributed by atoms with Crippen LogP contribution in [0.2, 0.25) is 0 Å². The Bertz CT molecular complexity index is 981. The van der Waals surface area contributed by atoms with Gasteiger partial charge in [0.15, 0.2) is 0 Å². The lowest BCUT2D eigenvalue weighted by Gasteiger charge is -2.25. The van der Waals surface area contributed by atoms with Crippen LogP contribution >= 0.6 is 0 Å². The van der Waals surface area contributed by atoms with Gasteiger partial charge in [0, 0.05) is 12.1 Å². The van der Waals surface area contributed by atoms with E-state index >= 15 is 0 Å². The van der Waals surface area contributed by atoms with Crippen LogP contribution in [-0.2, 0) is 19.6 Å². The lowest BCUT2D eigenvalue weighted by atomic mass is 10.1. The van der Waals surface area contributed by atoms with Crippen molar-refractivity contribution in [2.45, 2.75) is 25.7 Å². The van der Waals surface area contributed by atoms with Gasteiger partial charge in [-0.05, 0) is 49.6 Å². The molecule has 0 unspecified atom stereocenters. The molecule has 0 atom stereocenters. The molecule has 0 fully saturated rings. The van der Waals surface area contributed by atoms with E-state index in [0.717, 1.165) is 28.6 Å². The smallest absolute Gasteiger partial charge is 0.326 e. The van der Waals surface area contributed by atoms with Gasteiger partial charge in [0.25, 0.3) is 15.7 Å². The first-order valence-corrected chi connectivity index (χ1v) is 9.43. The zero-order valence-corrected chi connectivity index (χ0v) is 16.2. The second-order valence-electron chi connectivity index (χ2n) is 6.14. The van der Waals surface area contributed by atoms with E-state index in [1.54, 1.807) is 26.0 Å². The Morgan fingerprint density at radius 3 is 2.22 bits per heavy atom. The molecule has 27 heavy (non-hydrogen) atoms. The van der Waals surface area contributed by atoms with Crippen LogP contribution in [0.1, 0.15) is 16.7 Å². The minimum Gasteiger partial charge on any atom is -0.468 e. The Kier molecular flexibility index (Phi) is 5.85. The van der Waals surface area contributed by atoms with Crippen LogP contribution in [0.15, 0.2) is 41.3 Å². The lowest BCUT2D eigenvalue weighted by molar-refractivity contribution is -0.385. The molecular weight excluding hydrogens is 372 g/mol. The van der Waals surface area contributed by atoms with E-state index < -0.39 is 27.5 Å². The number of non-ortho nitro benzene ring substituents is 1. The number of carbonyl (C=O) groups excluding carboxylic acids is 1. The Morgan fingerprint density at radius 1 is 1.11 bits per heavy atom. The van der Waals surface area contributed by atoms with Gasteiger partial charge >= 0.3 is 5.97 Å². The van der Waals surface area contributed by atoms with E-state index in [4.69, 9.17) is 0 Å². The Labute approximate surface area is 157 Å². The van der Waals surface area contributed by atoms with Crippen molar-refractivity contribution in [1.29, 1.82) is 0 Å². The van der Waals surface area contributed by atoms with Gasteiger partial charge in [-0.3, -0.25) is 19.2 Å². The molecule has 8 nitrogen and oxygen atoms in total. The second-order valence-corrected chi connectivity index (χ2v) is 7.97. The Morgan fingerprint density at radius 2 is 1.70 bits per heavy atom. The van der Waals surface area contributed by atoms with Gasteiger partial charge in [-0.25, -0.2) is 8.42 Å². The van der Waals surface area contributed by atoms with Gasteiger partial charge in [0.2, 0.25) is 0 Å². The van der Waals surface area contributed by atoms with Crippen molar-refractivity contribution in [2.75, 3.05) is 18.0 Å². The summed E-state index contributed by atoms with van der Waals surface area (Å²) < 4.78 is 32.1. The van der Waals surface area contributed by atoms with E-state index in [-0.39, 0.29) is 16.3 Å². The van der Waals surface area contributed by atoms with Crippen LogP contribution in [0.5, 0.6) is 0 Å². The minimum atomic E-state index is -4.25. The molecule has 0 spiro atoms. The highest BCUT2D eigenvalue weighted by molar-refractivity contribution is 7.93. The highest BCUT2D eigenvalue weighted by atomic mass is 32.2. The number of nitro benzene ring substituents is 1. The third-order valence-electron chi connectivity index (χ3n) is 3.95. The van der Waals surface area contributed by atoms with Gasteiger partial charge in [-0.2, -0.15) is 0 Å². The van der Waals surface area contributed by atoms with Crippen LogP contribution in [0.4, 0.5) is 11.4 Å². The predicted molar refractivity (Wildman–Crippen MR) is 100 cm³/mol. The average molecular weight is 392 g/mol. The van der Waals surface area contributed by atoms with Crippen molar-refractivity contribution >= 4 is 27.4 Å². The SMILES string of the molecule is COC(=O)CN(c1cc(C)cc(C)c1)S(=O)(=O)c1cc([N+](=O)[O-])ccc1C. The number of carbonyl (C=O) groups is 1. The largest absolute Gasteiger partial charge is 0.468 e. The number of ether oxygens (including phenoxy) is 1. The molecule has 2 aromatic rings. The summed E-state index contributed by atoms with van der Waals surface area (Å²) in [6.45, 7) is 4.59. The molecule has 0 saturated carbocycles. The maximum Gasteiger partial charge on any atom is 0.326 e. The molecule has 0 saturated heterocycles. The first-order chi connectivity index (χ1) is 12.6. The van der Waals surface area contributed by atoms with Crippen molar-refractivity contribution < 1.29 is 22.9 Å². The molecule has 0 aliphatic rings. The molecule has 0 N–H and O–H groups in total.